The Kier molecular flexibility index (Phi) is 3.46. The molecular weight excluding hydrogens is 407 g/mol. The highest BCUT2D eigenvalue weighted by Crippen LogP contribution is 2.13. The van der Waals surface area contributed by atoms with Crippen LogP contribution in [0.15, 0.2) is 24.8 Å². The highest BCUT2D eigenvalue weighted by atomic mass is 127. The van der Waals surface area contributed by atoms with Crippen molar-refractivity contribution >= 4 is 67.2 Å². The van der Waals surface area contributed by atoms with Crippen LogP contribution < -0.4 is 0 Å². The third-order valence-electron chi connectivity index (χ3n) is 2.02. The Hall–Kier alpha value is -0.780. The summed E-state index contributed by atoms with van der Waals surface area (Å²) in [6.45, 7) is 0. The molecule has 92 valence electrons. The lowest BCUT2D eigenvalue weighted by molar-refractivity contribution is 1.12. The van der Waals surface area contributed by atoms with Crippen molar-refractivity contribution < 1.29 is 0 Å². The van der Waals surface area contributed by atoms with Crippen LogP contribution in [0.2, 0.25) is 5.28 Å². The number of hydrogen-bond donors (Lipinski definition) is 0. The van der Waals surface area contributed by atoms with Gasteiger partial charge in [0.25, 0.3) is 0 Å². The fraction of sp³-hybridized carbons (Fsp3) is 0. The number of aromatic nitrogens is 6. The van der Waals surface area contributed by atoms with E-state index in [0.717, 1.165) is 13.8 Å². The molecule has 6 nitrogen and oxygen atoms in total. The van der Waals surface area contributed by atoms with Gasteiger partial charge in [0, 0.05) is 70.4 Å². The molecule has 0 bridgehead atoms. The molecule has 0 aliphatic heterocycles. The zero-order chi connectivity index (χ0) is 12.5. The van der Waals surface area contributed by atoms with E-state index in [1.54, 1.807) is 23.0 Å². The van der Waals surface area contributed by atoms with Gasteiger partial charge < -0.3 is 0 Å². The predicted molar refractivity (Wildman–Crippen MR) is 79.5 cm³/mol. The third-order valence-corrected chi connectivity index (χ3v) is 4.93. The van der Waals surface area contributed by atoms with E-state index in [4.69, 9.17) is 11.6 Å². The molecule has 0 aliphatic rings. The Bertz CT molecular complexity index is 719. The molecule has 0 aromatic carbocycles. The van der Waals surface area contributed by atoms with E-state index in [1.165, 1.54) is 23.1 Å². The average Bonchev–Trinajstić information content (AvgIpc) is 3.06. The van der Waals surface area contributed by atoms with E-state index < -0.39 is 0 Å². The fourth-order valence-corrected chi connectivity index (χ4v) is 3.56. The molecule has 0 N–H and O–H groups in total. The van der Waals surface area contributed by atoms with Gasteiger partial charge in [-0.25, -0.2) is 9.97 Å². The molecule has 0 radical (unpaired) electrons. The van der Waals surface area contributed by atoms with Crippen LogP contribution in [-0.2, 0) is 0 Å². The first kappa shape index (κ1) is 12.3. The monoisotopic (exact) mass is 410 g/mol. The first-order valence-corrected chi connectivity index (χ1v) is 7.64. The summed E-state index contributed by atoms with van der Waals surface area (Å²) in [5.74, 6) is 0. The summed E-state index contributed by atoms with van der Waals surface area (Å²) in [5, 5.41) is 0.479. The van der Waals surface area contributed by atoms with Gasteiger partial charge in [-0.3, -0.25) is 8.80 Å². The smallest absolute Gasteiger partial charge is 0.220 e. The summed E-state index contributed by atoms with van der Waals surface area (Å²) in [6, 6.07) is 0. The van der Waals surface area contributed by atoms with Gasteiger partial charge in [-0.15, -0.1) is 0 Å². The molecule has 0 amide bonds. The summed E-state index contributed by atoms with van der Waals surface area (Å²) in [7, 11) is 0. The van der Waals surface area contributed by atoms with E-state index in [1.807, 2.05) is 10.6 Å². The van der Waals surface area contributed by atoms with E-state index in [-0.39, 0.29) is 0 Å². The van der Waals surface area contributed by atoms with Gasteiger partial charge in [-0.1, -0.05) is 0 Å². The molecule has 0 atom stereocenters. The molecule has 10 heteroatoms. The lowest BCUT2D eigenvalue weighted by Gasteiger charge is -1.77. The maximum Gasteiger partial charge on any atom is 0.220 e. The molecule has 0 unspecified atom stereocenters. The molecular formula is C8H4ClIN6S2. The van der Waals surface area contributed by atoms with Crippen LogP contribution in [0.1, 0.15) is 0 Å². The van der Waals surface area contributed by atoms with Crippen LogP contribution in [-0.4, -0.2) is 27.5 Å². The molecule has 18 heavy (non-hydrogen) atoms. The summed E-state index contributed by atoms with van der Waals surface area (Å²) >= 11 is 10.5. The van der Waals surface area contributed by atoms with E-state index in [2.05, 4.69) is 41.3 Å². The molecule has 0 aliphatic carbocycles. The standard InChI is InChI=1S/C4H2ClN3S.C4H2IN3S/c2*5-3-7-9-4-6-1-2-8(3)4/h2*1-2H. The largest absolute Gasteiger partial charge is 0.269 e. The first-order valence-electron chi connectivity index (χ1n) is 4.64. The van der Waals surface area contributed by atoms with Crippen molar-refractivity contribution in [2.24, 2.45) is 0 Å². The molecule has 4 heterocycles. The van der Waals surface area contributed by atoms with Crippen molar-refractivity contribution in [1.82, 2.24) is 27.5 Å². The highest BCUT2D eigenvalue weighted by molar-refractivity contribution is 14.1. The quantitative estimate of drug-likeness (QED) is 0.418. The summed E-state index contributed by atoms with van der Waals surface area (Å²) in [5.41, 5.74) is 0. The molecule has 0 saturated carbocycles. The van der Waals surface area contributed by atoms with Crippen molar-refractivity contribution in [3.05, 3.63) is 33.9 Å². The van der Waals surface area contributed by atoms with Crippen LogP contribution in [0.25, 0.3) is 9.92 Å². The lowest BCUT2D eigenvalue weighted by Crippen LogP contribution is -1.79. The lowest BCUT2D eigenvalue weighted by atomic mass is 10.9. The number of halogens is 2. The summed E-state index contributed by atoms with van der Waals surface area (Å²) in [4.78, 5) is 9.82. The zero-order valence-electron chi connectivity index (χ0n) is 8.57. The summed E-state index contributed by atoms with van der Waals surface area (Å²) < 4.78 is 12.6. The van der Waals surface area contributed by atoms with E-state index in [9.17, 15) is 0 Å². The maximum absolute atomic E-state index is 5.64. The van der Waals surface area contributed by atoms with Gasteiger partial charge in [-0.05, 0) is 11.6 Å². The van der Waals surface area contributed by atoms with Crippen LogP contribution in [0.4, 0.5) is 0 Å². The van der Waals surface area contributed by atoms with Gasteiger partial charge in [0.1, 0.15) is 0 Å². The van der Waals surface area contributed by atoms with Crippen LogP contribution >= 0.6 is 57.3 Å². The highest BCUT2D eigenvalue weighted by Gasteiger charge is 2.00. The fourth-order valence-electron chi connectivity index (χ4n) is 1.24. The Morgan fingerprint density at radius 1 is 1.00 bits per heavy atom. The molecule has 0 fully saturated rings. The minimum Gasteiger partial charge on any atom is -0.269 e. The second kappa shape index (κ2) is 5.07. The Balaban J connectivity index is 0.000000111. The molecule has 0 saturated heterocycles. The first-order chi connectivity index (χ1) is 8.75. The Morgan fingerprint density at radius 2 is 1.61 bits per heavy atom. The topological polar surface area (TPSA) is 60.4 Å². The van der Waals surface area contributed by atoms with Crippen molar-refractivity contribution in [3.63, 3.8) is 0 Å². The molecule has 0 spiro atoms. The Morgan fingerprint density at radius 3 is 2.28 bits per heavy atom. The second-order valence-corrected chi connectivity index (χ2v) is 5.83. The summed E-state index contributed by atoms with van der Waals surface area (Å²) in [6.07, 6.45) is 7.15. The molecule has 4 aromatic rings. The van der Waals surface area contributed by atoms with Crippen molar-refractivity contribution in [3.8, 4) is 0 Å². The zero-order valence-corrected chi connectivity index (χ0v) is 13.1. The third kappa shape index (κ3) is 2.22. The number of fused-ring (bicyclic) bond motifs is 2. The number of nitrogens with zero attached hydrogens (tertiary/aromatic N) is 6. The number of rotatable bonds is 0. The van der Waals surface area contributed by atoms with Crippen LogP contribution in [0, 0.1) is 3.83 Å². The van der Waals surface area contributed by atoms with Crippen LogP contribution in [0.3, 0.4) is 0 Å². The van der Waals surface area contributed by atoms with Gasteiger partial charge in [0.05, 0.1) is 0 Å². The van der Waals surface area contributed by atoms with E-state index in [0.29, 0.717) is 5.28 Å². The minimum absolute atomic E-state index is 0.479. The second-order valence-electron chi connectivity index (χ2n) is 3.06. The number of hydrogen-bond acceptors (Lipinski definition) is 6. The SMILES string of the molecule is Clc1nsc2nccn12.Ic1nsc2nccn12. The van der Waals surface area contributed by atoms with Gasteiger partial charge in [0.15, 0.2) is 3.83 Å². The average molecular weight is 411 g/mol. The minimum atomic E-state index is 0.479. The molecule has 4 aromatic heterocycles. The van der Waals surface area contributed by atoms with Crippen LogP contribution in [0.5, 0.6) is 0 Å². The maximum atomic E-state index is 5.64. The van der Waals surface area contributed by atoms with Gasteiger partial charge in [-0.2, -0.15) is 8.75 Å². The van der Waals surface area contributed by atoms with Crippen molar-refractivity contribution in [2.45, 2.75) is 0 Å². The van der Waals surface area contributed by atoms with E-state index >= 15 is 0 Å². The number of imidazole rings is 2. The molecule has 4 rings (SSSR count). The Labute approximate surface area is 128 Å². The predicted octanol–water partition coefficient (Wildman–Crippen LogP) is 2.84. The van der Waals surface area contributed by atoms with Crippen molar-refractivity contribution in [1.29, 1.82) is 0 Å². The van der Waals surface area contributed by atoms with Gasteiger partial charge >= 0.3 is 0 Å². The normalized spacial score (nSPS) is 10.8. The van der Waals surface area contributed by atoms with Crippen molar-refractivity contribution in [2.75, 3.05) is 0 Å². The van der Waals surface area contributed by atoms with Gasteiger partial charge in [0.2, 0.25) is 15.2 Å².